The third kappa shape index (κ3) is 4.30. The molecule has 8 nitrogen and oxygen atoms in total. The number of pyridine rings is 1. The van der Waals surface area contributed by atoms with Crippen LogP contribution in [-0.2, 0) is 26.1 Å². The number of carbonyl (C=O) groups is 1. The fourth-order valence-corrected chi connectivity index (χ4v) is 3.58. The van der Waals surface area contributed by atoms with Crippen LogP contribution in [0.25, 0.3) is 17.0 Å². The molecule has 4 rings (SSSR count). The highest BCUT2D eigenvalue weighted by Crippen LogP contribution is 2.32. The maximum atomic E-state index is 13.4. The smallest absolute Gasteiger partial charge is 0.345 e. The van der Waals surface area contributed by atoms with Crippen molar-refractivity contribution in [3.63, 3.8) is 0 Å². The van der Waals surface area contributed by atoms with Gasteiger partial charge in [-0.3, -0.25) is 9.78 Å². The van der Waals surface area contributed by atoms with Gasteiger partial charge in [-0.1, -0.05) is 6.07 Å². The lowest BCUT2D eigenvalue weighted by Crippen LogP contribution is -2.23. The average molecular weight is 457 g/mol. The Kier molecular flexibility index (Phi) is 5.64. The third-order valence-electron chi connectivity index (χ3n) is 5.27. The van der Waals surface area contributed by atoms with Gasteiger partial charge < -0.3 is 9.47 Å². The molecule has 0 saturated carbocycles. The monoisotopic (exact) mass is 457 g/mol. The number of carbonyl (C=O) groups excluding carboxylic acids is 1. The van der Waals surface area contributed by atoms with Gasteiger partial charge in [-0.2, -0.15) is 18.3 Å². The normalized spacial score (nSPS) is 11.8. The third-order valence-corrected chi connectivity index (χ3v) is 5.27. The molecule has 0 radical (unpaired) electrons. The molecule has 0 bridgehead atoms. The second-order valence-electron chi connectivity index (χ2n) is 7.90. The van der Waals surface area contributed by atoms with E-state index in [-0.39, 0.29) is 16.9 Å². The highest BCUT2D eigenvalue weighted by Gasteiger charge is 2.37. The number of amides is 1. The van der Waals surface area contributed by atoms with E-state index in [1.807, 2.05) is 36.0 Å². The maximum Gasteiger partial charge on any atom is 0.435 e. The van der Waals surface area contributed by atoms with Crippen LogP contribution in [0, 0.1) is 6.92 Å². The first-order valence-corrected chi connectivity index (χ1v) is 10.2. The molecule has 4 heterocycles. The number of aryl methyl sites for hydroxylation is 4. The van der Waals surface area contributed by atoms with Crippen molar-refractivity contribution in [2.75, 3.05) is 14.1 Å². The number of fused-ring (bicyclic) bond motifs is 1. The summed E-state index contributed by atoms with van der Waals surface area (Å²) in [5.74, 6) is 0.313. The summed E-state index contributed by atoms with van der Waals surface area (Å²) < 4.78 is 43.2. The van der Waals surface area contributed by atoms with Gasteiger partial charge in [0.15, 0.2) is 11.3 Å². The van der Waals surface area contributed by atoms with Gasteiger partial charge in [-0.15, -0.1) is 0 Å². The lowest BCUT2D eigenvalue weighted by molar-refractivity contribution is -0.141. The second-order valence-corrected chi connectivity index (χ2v) is 7.90. The summed E-state index contributed by atoms with van der Waals surface area (Å²) in [5, 5.41) is 4.36. The summed E-state index contributed by atoms with van der Waals surface area (Å²) in [7, 11) is 4.93. The van der Waals surface area contributed by atoms with Crippen LogP contribution in [0.2, 0.25) is 0 Å². The van der Waals surface area contributed by atoms with Gasteiger partial charge in [0.1, 0.15) is 11.5 Å². The molecule has 0 unspecified atom stereocenters. The Balaban J connectivity index is 1.71. The number of hydrogen-bond donors (Lipinski definition) is 0. The minimum Gasteiger partial charge on any atom is -0.345 e. The molecule has 0 N–H and O–H groups in total. The predicted molar refractivity (Wildman–Crippen MR) is 115 cm³/mol. The quantitative estimate of drug-likeness (QED) is 0.459. The first-order valence-electron chi connectivity index (χ1n) is 10.2. The lowest BCUT2D eigenvalue weighted by atomic mass is 10.1. The van der Waals surface area contributed by atoms with E-state index in [0.29, 0.717) is 18.5 Å². The van der Waals surface area contributed by atoms with Crippen molar-refractivity contribution in [2.45, 2.75) is 25.9 Å². The molecule has 1 amide bonds. The number of aromatic nitrogens is 6. The van der Waals surface area contributed by atoms with Gasteiger partial charge in [0.05, 0.1) is 22.6 Å². The zero-order valence-corrected chi connectivity index (χ0v) is 18.6. The fourth-order valence-electron chi connectivity index (χ4n) is 3.58. The second kappa shape index (κ2) is 8.30. The number of alkyl halides is 3. The minimum absolute atomic E-state index is 0.0672. The topological polar surface area (TPSA) is 81.2 Å². The van der Waals surface area contributed by atoms with Crippen molar-refractivity contribution in [1.29, 1.82) is 0 Å². The molecule has 33 heavy (non-hydrogen) atoms. The largest absolute Gasteiger partial charge is 0.435 e. The number of imidazole rings is 2. The molecular formula is C22H22F3N7O. The molecule has 0 fully saturated rings. The standard InChI is InChI=1S/C22H22F3N7O/c1-13-19(22(23,24)25)28-20-15(21(33)30(2)3)11-14(29-32(13)20)8-9-18-27-17(12-31(18)4)16-7-5-6-10-26-16/h5-7,10-12H,8-9H2,1-4H3. The molecule has 4 aromatic rings. The van der Waals surface area contributed by atoms with E-state index >= 15 is 0 Å². The van der Waals surface area contributed by atoms with Crippen molar-refractivity contribution in [2.24, 2.45) is 7.05 Å². The van der Waals surface area contributed by atoms with Crippen molar-refractivity contribution in [3.05, 3.63) is 65.1 Å². The summed E-state index contributed by atoms with van der Waals surface area (Å²) in [5.41, 5.74) is 0.663. The van der Waals surface area contributed by atoms with Crippen LogP contribution in [0.5, 0.6) is 0 Å². The van der Waals surface area contributed by atoms with Crippen molar-refractivity contribution in [1.82, 2.24) is 34.0 Å². The summed E-state index contributed by atoms with van der Waals surface area (Å²) >= 11 is 0. The molecule has 0 aliphatic rings. The van der Waals surface area contributed by atoms with Crippen LogP contribution in [-0.4, -0.2) is 54.0 Å². The molecule has 0 aliphatic carbocycles. The van der Waals surface area contributed by atoms with Crippen molar-refractivity contribution < 1.29 is 18.0 Å². The molecule has 0 saturated heterocycles. The number of nitrogens with zero attached hydrogens (tertiary/aromatic N) is 7. The Hall–Kier alpha value is -3.76. The van der Waals surface area contributed by atoms with E-state index < -0.39 is 17.8 Å². The minimum atomic E-state index is -4.65. The number of halogens is 3. The summed E-state index contributed by atoms with van der Waals surface area (Å²) in [6.45, 7) is 1.29. The molecule has 0 spiro atoms. The van der Waals surface area contributed by atoms with Crippen LogP contribution in [0.3, 0.4) is 0 Å². The summed E-state index contributed by atoms with van der Waals surface area (Å²) in [6, 6.07) is 7.07. The Morgan fingerprint density at radius 2 is 1.88 bits per heavy atom. The van der Waals surface area contributed by atoms with Gasteiger partial charge in [0.25, 0.3) is 5.91 Å². The van der Waals surface area contributed by atoms with E-state index in [0.717, 1.165) is 21.7 Å². The Bertz CT molecular complexity index is 1320. The molecule has 172 valence electrons. The first kappa shape index (κ1) is 22.4. The molecule has 11 heteroatoms. The van der Waals surface area contributed by atoms with Crippen LogP contribution >= 0.6 is 0 Å². The van der Waals surface area contributed by atoms with Crippen LogP contribution in [0.4, 0.5) is 13.2 Å². The van der Waals surface area contributed by atoms with Gasteiger partial charge in [-0.05, 0) is 31.5 Å². The number of hydrogen-bond acceptors (Lipinski definition) is 5. The Labute approximate surface area is 187 Å². The van der Waals surface area contributed by atoms with Gasteiger partial charge >= 0.3 is 6.18 Å². The first-order chi connectivity index (χ1) is 15.6. The number of rotatable bonds is 5. The van der Waals surface area contributed by atoms with Crippen molar-refractivity contribution >= 4 is 11.6 Å². The predicted octanol–water partition coefficient (Wildman–Crippen LogP) is 3.34. The Morgan fingerprint density at radius 3 is 2.52 bits per heavy atom. The van der Waals surface area contributed by atoms with Crippen LogP contribution < -0.4 is 0 Å². The molecule has 0 aliphatic heterocycles. The highest BCUT2D eigenvalue weighted by molar-refractivity contribution is 5.99. The Morgan fingerprint density at radius 1 is 1.12 bits per heavy atom. The fraction of sp³-hybridized carbons (Fsp3) is 0.318. The summed E-state index contributed by atoms with van der Waals surface area (Å²) in [4.78, 5) is 26.6. The molecular weight excluding hydrogens is 435 g/mol. The summed E-state index contributed by atoms with van der Waals surface area (Å²) in [6.07, 6.45) is -0.253. The van der Waals surface area contributed by atoms with Crippen molar-refractivity contribution in [3.8, 4) is 11.4 Å². The van der Waals surface area contributed by atoms with Gasteiger partial charge in [0.2, 0.25) is 0 Å². The maximum absolute atomic E-state index is 13.4. The van der Waals surface area contributed by atoms with Gasteiger partial charge in [-0.25, -0.2) is 14.5 Å². The zero-order valence-electron chi connectivity index (χ0n) is 18.6. The highest BCUT2D eigenvalue weighted by atomic mass is 19.4. The molecule has 0 aromatic carbocycles. The molecule has 4 aromatic heterocycles. The van der Waals surface area contributed by atoms with Crippen LogP contribution in [0.15, 0.2) is 36.7 Å². The lowest BCUT2D eigenvalue weighted by Gasteiger charge is -2.12. The van der Waals surface area contributed by atoms with E-state index in [2.05, 4.69) is 20.1 Å². The SMILES string of the molecule is Cc1c(C(F)(F)F)nc2c(C(=O)N(C)C)cc(CCc3nc(-c4ccccn4)cn3C)nn12. The van der Waals surface area contributed by atoms with E-state index in [9.17, 15) is 18.0 Å². The van der Waals surface area contributed by atoms with Gasteiger partial charge in [0, 0.05) is 40.0 Å². The molecule has 0 atom stereocenters. The van der Waals surface area contributed by atoms with E-state index in [1.165, 1.54) is 32.0 Å². The zero-order chi connectivity index (χ0) is 23.9. The van der Waals surface area contributed by atoms with E-state index in [1.54, 1.807) is 6.20 Å². The van der Waals surface area contributed by atoms with Crippen LogP contribution in [0.1, 0.15) is 33.3 Å². The van der Waals surface area contributed by atoms with E-state index in [4.69, 9.17) is 0 Å². The average Bonchev–Trinajstić information content (AvgIpc) is 3.31.